The first-order chi connectivity index (χ1) is 8.72. The fraction of sp³-hybridized carbons (Fsp3) is 0.692. The first-order valence-corrected chi connectivity index (χ1v) is 6.73. The van der Waals surface area contributed by atoms with Crippen molar-refractivity contribution in [1.29, 1.82) is 0 Å². The van der Waals surface area contributed by atoms with Gasteiger partial charge in [0.15, 0.2) is 5.69 Å². The van der Waals surface area contributed by atoms with Gasteiger partial charge in [0.1, 0.15) is 5.76 Å². The minimum Gasteiger partial charge on any atom is -0.360 e. The van der Waals surface area contributed by atoms with Crippen LogP contribution in [0, 0.1) is 0 Å². The van der Waals surface area contributed by atoms with Crippen LogP contribution >= 0.6 is 0 Å². The molecule has 2 atom stereocenters. The minimum atomic E-state index is -0.107. The van der Waals surface area contributed by atoms with Crippen molar-refractivity contribution in [2.45, 2.75) is 50.6 Å². The van der Waals surface area contributed by atoms with Crippen LogP contribution in [0.5, 0.6) is 0 Å². The van der Waals surface area contributed by atoms with E-state index in [-0.39, 0.29) is 11.9 Å². The van der Waals surface area contributed by atoms with E-state index in [1.54, 1.807) is 6.07 Å². The van der Waals surface area contributed by atoms with E-state index in [4.69, 9.17) is 4.52 Å². The summed E-state index contributed by atoms with van der Waals surface area (Å²) in [6, 6.07) is 2.50. The maximum absolute atomic E-state index is 12.0. The van der Waals surface area contributed by atoms with Crippen LogP contribution in [0.2, 0.25) is 0 Å². The third kappa shape index (κ3) is 2.56. The van der Waals surface area contributed by atoms with Crippen molar-refractivity contribution in [1.82, 2.24) is 15.8 Å². The molecule has 0 bridgehead atoms. The molecule has 98 valence electrons. The number of rotatable bonds is 3. The molecule has 0 spiro atoms. The zero-order valence-electron chi connectivity index (χ0n) is 10.6. The van der Waals surface area contributed by atoms with Gasteiger partial charge in [0, 0.05) is 24.1 Å². The van der Waals surface area contributed by atoms with Crippen LogP contribution < -0.4 is 10.6 Å². The summed E-state index contributed by atoms with van der Waals surface area (Å²) >= 11 is 0. The first kappa shape index (κ1) is 11.7. The summed E-state index contributed by atoms with van der Waals surface area (Å²) in [7, 11) is 0. The lowest BCUT2D eigenvalue weighted by Gasteiger charge is -2.28. The van der Waals surface area contributed by atoms with Crippen molar-refractivity contribution in [2.75, 3.05) is 6.54 Å². The summed E-state index contributed by atoms with van der Waals surface area (Å²) < 4.78 is 5.20. The zero-order chi connectivity index (χ0) is 12.5. The molecule has 1 aliphatic carbocycles. The van der Waals surface area contributed by atoms with Gasteiger partial charge < -0.3 is 15.2 Å². The summed E-state index contributed by atoms with van der Waals surface area (Å²) in [5, 5.41) is 10.3. The Balaban J connectivity index is 1.59. The van der Waals surface area contributed by atoms with Crippen LogP contribution in [0.15, 0.2) is 10.6 Å². The first-order valence-electron chi connectivity index (χ1n) is 6.73. The number of nitrogens with one attached hydrogen (secondary N) is 2. The number of amides is 1. The number of nitrogens with zero attached hydrogens (tertiary/aromatic N) is 1. The van der Waals surface area contributed by atoms with E-state index in [9.17, 15) is 4.79 Å². The van der Waals surface area contributed by atoms with Gasteiger partial charge in [0.05, 0.1) is 0 Å². The summed E-state index contributed by atoms with van der Waals surface area (Å²) in [6.07, 6.45) is 4.26. The number of aromatic nitrogens is 1. The molecule has 0 radical (unpaired) electrons. The van der Waals surface area contributed by atoms with Crippen molar-refractivity contribution in [2.24, 2.45) is 0 Å². The highest BCUT2D eigenvalue weighted by Gasteiger charge is 2.29. The molecule has 1 aliphatic heterocycles. The summed E-state index contributed by atoms with van der Waals surface area (Å²) in [5.74, 6) is 1.25. The average molecular weight is 249 g/mol. The van der Waals surface area contributed by atoms with Gasteiger partial charge >= 0.3 is 0 Å². The molecule has 2 fully saturated rings. The largest absolute Gasteiger partial charge is 0.360 e. The van der Waals surface area contributed by atoms with E-state index >= 15 is 0 Å². The molecule has 1 aromatic rings. The van der Waals surface area contributed by atoms with Crippen molar-refractivity contribution < 1.29 is 9.32 Å². The number of piperidine rings is 1. The highest BCUT2D eigenvalue weighted by atomic mass is 16.5. The molecule has 18 heavy (non-hydrogen) atoms. The lowest BCUT2D eigenvalue weighted by molar-refractivity contribution is 0.0916. The molecule has 2 heterocycles. The Morgan fingerprint density at radius 2 is 2.33 bits per heavy atom. The Morgan fingerprint density at radius 1 is 1.50 bits per heavy atom. The molecule has 0 unspecified atom stereocenters. The van der Waals surface area contributed by atoms with Crippen molar-refractivity contribution in [3.63, 3.8) is 0 Å². The van der Waals surface area contributed by atoms with Crippen LogP contribution in [0.1, 0.15) is 54.8 Å². The second-order valence-electron chi connectivity index (χ2n) is 5.44. The average Bonchev–Trinajstić information content (AvgIpc) is 3.07. The molecule has 3 rings (SSSR count). The van der Waals surface area contributed by atoms with E-state index in [1.807, 2.05) is 0 Å². The highest BCUT2D eigenvalue weighted by molar-refractivity contribution is 5.92. The molecule has 2 N–H and O–H groups in total. The fourth-order valence-corrected chi connectivity index (χ4v) is 2.48. The molecule has 1 saturated carbocycles. The Morgan fingerprint density at radius 3 is 3.06 bits per heavy atom. The Kier molecular flexibility index (Phi) is 3.07. The monoisotopic (exact) mass is 249 g/mol. The molecule has 1 amide bonds. The number of hydrogen-bond acceptors (Lipinski definition) is 4. The number of carbonyl (C=O) groups is 1. The van der Waals surface area contributed by atoms with Crippen LogP contribution in [0.3, 0.4) is 0 Å². The highest BCUT2D eigenvalue weighted by Crippen LogP contribution is 2.40. The summed E-state index contributed by atoms with van der Waals surface area (Å²) in [4.78, 5) is 12.0. The quantitative estimate of drug-likeness (QED) is 0.850. The van der Waals surface area contributed by atoms with Gasteiger partial charge in [-0.2, -0.15) is 0 Å². The van der Waals surface area contributed by atoms with E-state index in [0.717, 1.165) is 38.0 Å². The molecule has 0 aromatic carbocycles. The van der Waals surface area contributed by atoms with Crippen LogP contribution in [-0.2, 0) is 0 Å². The maximum atomic E-state index is 12.0. The van der Waals surface area contributed by atoms with Crippen molar-refractivity contribution in [3.8, 4) is 0 Å². The SMILES string of the molecule is C[C@@H]1C[C@@H](NC(=O)c2cc(C3CC3)on2)CCN1. The topological polar surface area (TPSA) is 67.2 Å². The van der Waals surface area contributed by atoms with Crippen molar-refractivity contribution >= 4 is 5.91 Å². The second kappa shape index (κ2) is 4.72. The lowest BCUT2D eigenvalue weighted by atomic mass is 10.0. The van der Waals surface area contributed by atoms with Gasteiger partial charge in [0.2, 0.25) is 0 Å². The molecule has 2 aliphatic rings. The third-order valence-electron chi connectivity index (χ3n) is 3.70. The van der Waals surface area contributed by atoms with Gasteiger partial charge in [0.25, 0.3) is 5.91 Å². The lowest BCUT2D eigenvalue weighted by Crippen LogP contribution is -2.46. The molecule has 1 aromatic heterocycles. The second-order valence-corrected chi connectivity index (χ2v) is 5.44. The number of carbonyl (C=O) groups excluding carboxylic acids is 1. The van der Waals surface area contributed by atoms with E-state index in [0.29, 0.717) is 17.7 Å². The van der Waals surface area contributed by atoms with Gasteiger partial charge in [-0.25, -0.2) is 0 Å². The third-order valence-corrected chi connectivity index (χ3v) is 3.70. The molecule has 5 heteroatoms. The van der Waals surface area contributed by atoms with Gasteiger partial charge in [-0.05, 0) is 39.2 Å². The van der Waals surface area contributed by atoms with E-state index in [1.165, 1.54) is 0 Å². The Labute approximate surface area is 106 Å². The van der Waals surface area contributed by atoms with Gasteiger partial charge in [-0.1, -0.05) is 5.16 Å². The van der Waals surface area contributed by atoms with Gasteiger partial charge in [-0.15, -0.1) is 0 Å². The normalized spacial score (nSPS) is 28.1. The molecule has 5 nitrogen and oxygen atoms in total. The predicted octanol–water partition coefficient (Wildman–Crippen LogP) is 1.42. The minimum absolute atomic E-state index is 0.107. The van der Waals surface area contributed by atoms with Crippen LogP contribution in [0.4, 0.5) is 0 Å². The Hall–Kier alpha value is -1.36. The summed E-state index contributed by atoms with van der Waals surface area (Å²) in [5.41, 5.74) is 0.420. The zero-order valence-corrected chi connectivity index (χ0v) is 10.6. The Bertz CT molecular complexity index is 439. The fourth-order valence-electron chi connectivity index (χ4n) is 2.48. The molecular weight excluding hydrogens is 230 g/mol. The smallest absolute Gasteiger partial charge is 0.273 e. The van der Waals surface area contributed by atoms with Crippen molar-refractivity contribution in [3.05, 3.63) is 17.5 Å². The van der Waals surface area contributed by atoms with E-state index < -0.39 is 0 Å². The van der Waals surface area contributed by atoms with Gasteiger partial charge in [-0.3, -0.25) is 4.79 Å². The maximum Gasteiger partial charge on any atom is 0.273 e. The summed E-state index contributed by atoms with van der Waals surface area (Å²) in [6.45, 7) is 3.10. The van der Waals surface area contributed by atoms with Crippen LogP contribution in [0.25, 0.3) is 0 Å². The number of hydrogen-bond donors (Lipinski definition) is 2. The van der Waals surface area contributed by atoms with E-state index in [2.05, 4.69) is 22.7 Å². The molecule has 1 saturated heterocycles. The molecular formula is C13H19N3O2. The standard InChI is InChI=1S/C13H19N3O2/c1-8-6-10(4-5-14-8)15-13(17)11-7-12(18-16-11)9-2-3-9/h7-10,14H,2-6H2,1H3,(H,15,17)/t8-,10+/m1/s1. The van der Waals surface area contributed by atoms with Crippen LogP contribution in [-0.4, -0.2) is 29.7 Å². The predicted molar refractivity (Wildman–Crippen MR) is 66.4 cm³/mol.